The van der Waals surface area contributed by atoms with Gasteiger partial charge in [0.2, 0.25) is 0 Å². The van der Waals surface area contributed by atoms with Crippen molar-refractivity contribution in [2.45, 2.75) is 6.42 Å². The molecule has 3 nitrogen and oxygen atoms in total. The van der Waals surface area contributed by atoms with Gasteiger partial charge in [0, 0.05) is 0 Å². The third-order valence-electron chi connectivity index (χ3n) is 1.50. The summed E-state index contributed by atoms with van der Waals surface area (Å²) in [5.74, 6) is 0.420. The molecule has 0 saturated carbocycles. The number of hydrogen-bond donors (Lipinski definition) is 1. The average Bonchev–Trinajstić information content (AvgIpc) is 2.08. The van der Waals surface area contributed by atoms with Crippen molar-refractivity contribution < 1.29 is 12.9 Å². The van der Waals surface area contributed by atoms with Gasteiger partial charge in [0.1, 0.15) is 5.75 Å². The van der Waals surface area contributed by atoms with Crippen molar-refractivity contribution in [1.29, 1.82) is 0 Å². The molecule has 0 radical (unpaired) electrons. The van der Waals surface area contributed by atoms with Crippen molar-refractivity contribution in [3.63, 3.8) is 0 Å². The molecule has 0 saturated heterocycles. The molecular weight excluding hydrogens is 188 g/mol. The minimum Gasteiger partial charge on any atom is -0.380 e. The molecule has 1 N–H and O–H groups in total. The molecule has 0 aromatic heterocycles. The number of hydrogen-bond acceptors (Lipinski definition) is 2. The third kappa shape index (κ3) is 3.01. The van der Waals surface area contributed by atoms with Crippen molar-refractivity contribution in [2.75, 3.05) is 0 Å². The normalized spacial score (nSPS) is 12.1. The van der Waals surface area contributed by atoms with Gasteiger partial charge in [0.25, 0.3) is 0 Å². The van der Waals surface area contributed by atoms with Crippen LogP contribution >= 0.6 is 0 Å². The van der Waals surface area contributed by atoms with E-state index >= 15 is 0 Å². The van der Waals surface area contributed by atoms with Crippen LogP contribution in [0.5, 0.6) is 5.75 Å². The standard InChI is InChI=1S/C9H10O3S/c1-2-5-8-6-3-4-7-9(8)12-13(10)11/h2-4,6-7H,1,5H2,(H,10,11). The number of para-hydroxylation sites is 1. The van der Waals surface area contributed by atoms with E-state index in [1.54, 1.807) is 18.2 Å². The first-order valence-corrected chi connectivity index (χ1v) is 4.75. The Balaban J connectivity index is 2.90. The Morgan fingerprint density at radius 3 is 2.85 bits per heavy atom. The summed E-state index contributed by atoms with van der Waals surface area (Å²) in [6.07, 6.45) is 2.33. The number of rotatable bonds is 4. The van der Waals surface area contributed by atoms with Crippen LogP contribution in [-0.4, -0.2) is 8.76 Å². The highest BCUT2D eigenvalue weighted by Gasteiger charge is 2.03. The van der Waals surface area contributed by atoms with Crippen molar-refractivity contribution >= 4 is 11.4 Å². The maximum atomic E-state index is 10.4. The fourth-order valence-electron chi connectivity index (χ4n) is 0.986. The molecular formula is C9H10O3S. The van der Waals surface area contributed by atoms with Gasteiger partial charge < -0.3 is 4.18 Å². The molecule has 0 amide bonds. The quantitative estimate of drug-likeness (QED) is 0.594. The summed E-state index contributed by atoms with van der Waals surface area (Å²) in [6, 6.07) is 7.05. The molecule has 1 aromatic rings. The summed E-state index contributed by atoms with van der Waals surface area (Å²) in [7, 11) is 0. The summed E-state index contributed by atoms with van der Waals surface area (Å²) in [5, 5.41) is 0. The van der Waals surface area contributed by atoms with E-state index in [9.17, 15) is 4.21 Å². The Morgan fingerprint density at radius 2 is 2.23 bits per heavy atom. The van der Waals surface area contributed by atoms with Gasteiger partial charge in [-0.15, -0.1) is 6.58 Å². The monoisotopic (exact) mass is 198 g/mol. The molecule has 70 valence electrons. The Morgan fingerprint density at radius 1 is 1.54 bits per heavy atom. The second-order valence-electron chi connectivity index (χ2n) is 2.40. The lowest BCUT2D eigenvalue weighted by molar-refractivity contribution is 0.456. The zero-order valence-electron chi connectivity index (χ0n) is 6.97. The minimum atomic E-state index is -2.26. The molecule has 0 heterocycles. The Labute approximate surface area is 79.5 Å². The molecule has 0 fully saturated rings. The van der Waals surface area contributed by atoms with Crippen LogP contribution in [0.1, 0.15) is 5.56 Å². The number of allylic oxidation sites excluding steroid dienone is 1. The largest absolute Gasteiger partial charge is 0.380 e. The number of benzene rings is 1. The highest BCUT2D eigenvalue weighted by Crippen LogP contribution is 2.19. The summed E-state index contributed by atoms with van der Waals surface area (Å²) in [6.45, 7) is 3.58. The van der Waals surface area contributed by atoms with E-state index in [0.717, 1.165) is 5.56 Å². The molecule has 1 aromatic carbocycles. The minimum absolute atomic E-state index is 0.420. The molecule has 13 heavy (non-hydrogen) atoms. The van der Waals surface area contributed by atoms with Crippen molar-refractivity contribution in [2.24, 2.45) is 0 Å². The van der Waals surface area contributed by atoms with Gasteiger partial charge in [-0.3, -0.25) is 4.55 Å². The highest BCUT2D eigenvalue weighted by atomic mass is 32.2. The van der Waals surface area contributed by atoms with Crippen LogP contribution in [0.2, 0.25) is 0 Å². The zero-order valence-corrected chi connectivity index (χ0v) is 7.79. The first-order valence-electron chi connectivity index (χ1n) is 3.72. The Kier molecular flexibility index (Phi) is 3.67. The van der Waals surface area contributed by atoms with Crippen LogP contribution in [0, 0.1) is 0 Å². The molecule has 0 aliphatic rings. The van der Waals surface area contributed by atoms with E-state index in [0.29, 0.717) is 12.2 Å². The molecule has 1 unspecified atom stereocenters. The lowest BCUT2D eigenvalue weighted by atomic mass is 10.1. The van der Waals surface area contributed by atoms with Gasteiger partial charge in [0.15, 0.2) is 0 Å². The fourth-order valence-corrected chi connectivity index (χ4v) is 1.30. The second-order valence-corrected chi connectivity index (χ2v) is 3.00. The lowest BCUT2D eigenvalue weighted by Gasteiger charge is -2.04. The van der Waals surface area contributed by atoms with Crippen LogP contribution in [0.3, 0.4) is 0 Å². The van der Waals surface area contributed by atoms with Crippen molar-refractivity contribution in [3.8, 4) is 5.75 Å². The molecule has 4 heteroatoms. The van der Waals surface area contributed by atoms with Crippen LogP contribution in [0.4, 0.5) is 0 Å². The van der Waals surface area contributed by atoms with Crippen molar-refractivity contribution in [1.82, 2.24) is 0 Å². The SMILES string of the molecule is C=CCc1ccccc1OS(=O)O. The van der Waals surface area contributed by atoms with Gasteiger partial charge in [-0.2, -0.15) is 4.21 Å². The molecule has 0 aliphatic heterocycles. The maximum Gasteiger partial charge on any atom is 0.357 e. The van der Waals surface area contributed by atoms with E-state index in [2.05, 4.69) is 10.8 Å². The predicted octanol–water partition coefficient (Wildman–Crippen LogP) is 1.93. The smallest absolute Gasteiger partial charge is 0.357 e. The van der Waals surface area contributed by atoms with Crippen LogP contribution in [0.15, 0.2) is 36.9 Å². The molecule has 1 rings (SSSR count). The topological polar surface area (TPSA) is 46.5 Å². The lowest BCUT2D eigenvalue weighted by Crippen LogP contribution is -1.99. The van der Waals surface area contributed by atoms with Crippen LogP contribution < -0.4 is 4.18 Å². The van der Waals surface area contributed by atoms with Crippen LogP contribution in [-0.2, 0) is 17.8 Å². The Bertz CT molecular complexity index is 322. The summed E-state index contributed by atoms with van der Waals surface area (Å²) >= 11 is -2.26. The highest BCUT2D eigenvalue weighted by molar-refractivity contribution is 7.74. The molecule has 1 atom stereocenters. The van der Waals surface area contributed by atoms with E-state index in [4.69, 9.17) is 4.55 Å². The van der Waals surface area contributed by atoms with Gasteiger partial charge in [0.05, 0.1) is 0 Å². The third-order valence-corrected chi connectivity index (χ3v) is 1.82. The van der Waals surface area contributed by atoms with Gasteiger partial charge in [-0.25, -0.2) is 0 Å². The van der Waals surface area contributed by atoms with Gasteiger partial charge in [-0.05, 0) is 18.1 Å². The van der Waals surface area contributed by atoms with Crippen LogP contribution in [0.25, 0.3) is 0 Å². The zero-order chi connectivity index (χ0) is 9.68. The average molecular weight is 198 g/mol. The van der Waals surface area contributed by atoms with E-state index in [1.807, 2.05) is 12.1 Å². The van der Waals surface area contributed by atoms with E-state index in [1.165, 1.54) is 0 Å². The van der Waals surface area contributed by atoms with Gasteiger partial charge >= 0.3 is 11.4 Å². The molecule has 0 spiro atoms. The summed E-state index contributed by atoms with van der Waals surface area (Å²) < 4.78 is 23.6. The van der Waals surface area contributed by atoms with E-state index < -0.39 is 11.4 Å². The molecule has 0 bridgehead atoms. The first kappa shape index (κ1) is 9.95. The predicted molar refractivity (Wildman–Crippen MR) is 51.7 cm³/mol. The Hall–Kier alpha value is -1.13. The van der Waals surface area contributed by atoms with E-state index in [-0.39, 0.29) is 0 Å². The first-order chi connectivity index (χ1) is 6.24. The maximum absolute atomic E-state index is 10.4. The van der Waals surface area contributed by atoms with Gasteiger partial charge in [-0.1, -0.05) is 24.3 Å². The molecule has 0 aliphatic carbocycles. The summed E-state index contributed by atoms with van der Waals surface area (Å²) in [4.78, 5) is 0. The fraction of sp³-hybridized carbons (Fsp3) is 0.111. The summed E-state index contributed by atoms with van der Waals surface area (Å²) in [5.41, 5.74) is 0.847. The second kappa shape index (κ2) is 4.79. The van der Waals surface area contributed by atoms with Crippen molar-refractivity contribution in [3.05, 3.63) is 42.5 Å².